The van der Waals surface area contributed by atoms with Gasteiger partial charge < -0.3 is 4.74 Å². The van der Waals surface area contributed by atoms with Crippen LogP contribution < -0.4 is 9.66 Å². The van der Waals surface area contributed by atoms with E-state index < -0.39 is 4.92 Å². The molecule has 0 radical (unpaired) electrons. The third kappa shape index (κ3) is 3.06. The van der Waals surface area contributed by atoms with Crippen molar-refractivity contribution in [1.82, 2.24) is 9.93 Å². The van der Waals surface area contributed by atoms with Gasteiger partial charge in [-0.3, -0.25) is 0 Å². The van der Waals surface area contributed by atoms with Gasteiger partial charge in [0, 0.05) is 18.7 Å². The van der Waals surface area contributed by atoms with Gasteiger partial charge in [0.15, 0.2) is 0 Å². The predicted octanol–water partition coefficient (Wildman–Crippen LogP) is 2.60. The van der Waals surface area contributed by atoms with E-state index in [2.05, 4.69) is 13.8 Å². The van der Waals surface area contributed by atoms with Gasteiger partial charge in [0.05, 0.1) is 18.1 Å². The van der Waals surface area contributed by atoms with Gasteiger partial charge in [-0.2, -0.15) is 10.4 Å². The number of rotatable bonds is 4. The normalized spacial score (nSPS) is 18.4. The maximum absolute atomic E-state index is 10.0. The highest BCUT2D eigenvalue weighted by Gasteiger charge is 2.39. The molecule has 0 saturated heterocycles. The second kappa shape index (κ2) is 5.46. The van der Waals surface area contributed by atoms with Crippen molar-refractivity contribution in [1.29, 1.82) is 0 Å². The van der Waals surface area contributed by atoms with Crippen LogP contribution in [0.15, 0.2) is 18.2 Å². The lowest BCUT2D eigenvalue weighted by molar-refractivity contribution is -0.397. The van der Waals surface area contributed by atoms with Crippen LogP contribution in [0.25, 0.3) is 0 Å². The van der Waals surface area contributed by atoms with Crippen molar-refractivity contribution in [3.63, 3.8) is 0 Å². The van der Waals surface area contributed by atoms with Crippen molar-refractivity contribution in [2.24, 2.45) is 5.92 Å². The Kier molecular flexibility index (Phi) is 4.10. The van der Waals surface area contributed by atoms with E-state index in [1.165, 1.54) is 5.01 Å². The first-order chi connectivity index (χ1) is 8.91. The van der Waals surface area contributed by atoms with Crippen LogP contribution >= 0.6 is 0 Å². The Morgan fingerprint density at radius 2 is 2.11 bits per heavy atom. The molecule has 1 aliphatic heterocycles. The third-order valence-electron chi connectivity index (χ3n) is 3.52. The van der Waals surface area contributed by atoms with Gasteiger partial charge in [0.25, 0.3) is 0 Å². The summed E-state index contributed by atoms with van der Waals surface area (Å²) in [5, 5.41) is 21.5. The summed E-state index contributed by atoms with van der Waals surface area (Å²) in [6.07, 6.45) is 1.80. The van der Waals surface area contributed by atoms with Crippen LogP contribution in [0.5, 0.6) is 5.75 Å². The zero-order valence-corrected chi connectivity index (χ0v) is 11.8. The number of nitrogens with zero attached hydrogens (tertiary/aromatic N) is 2. The third-order valence-corrected chi connectivity index (χ3v) is 3.52. The summed E-state index contributed by atoms with van der Waals surface area (Å²) < 4.78 is 5.69. The Morgan fingerprint density at radius 3 is 2.79 bits per heavy atom. The number of hydrogen-bond acceptors (Lipinski definition) is 4. The molecule has 106 valence electrons. The van der Waals surface area contributed by atoms with Crippen molar-refractivity contribution in [2.45, 2.75) is 26.7 Å². The molecular weight excluding hydrogens is 244 g/mol. The van der Waals surface area contributed by atoms with Crippen molar-refractivity contribution >= 4 is 5.69 Å². The zero-order chi connectivity index (χ0) is 14.0. The minimum atomic E-state index is -1.18. The van der Waals surface area contributed by atoms with E-state index in [4.69, 9.17) is 4.74 Å². The fourth-order valence-corrected chi connectivity index (χ4v) is 2.16. The summed E-state index contributed by atoms with van der Waals surface area (Å²) in [5.74, 6) is 1.41. The number of ether oxygens (including phenoxy) is 1. The van der Waals surface area contributed by atoms with E-state index in [0.717, 1.165) is 24.2 Å². The fraction of sp³-hybridized carbons (Fsp3) is 0.571. The Bertz CT molecular complexity index is 446. The van der Waals surface area contributed by atoms with Gasteiger partial charge in [-0.15, -0.1) is 0 Å². The molecular formula is C14H23N2O3+. The highest BCUT2D eigenvalue weighted by molar-refractivity contribution is 5.52. The molecule has 5 heteroatoms. The lowest BCUT2D eigenvalue weighted by Crippen LogP contribution is -2.58. The molecule has 0 aliphatic carbocycles. The average Bonchev–Trinajstić information content (AvgIpc) is 2.34. The number of quaternary nitrogens is 1. The largest absolute Gasteiger partial charge is 0.494 e. The topological polar surface area (TPSA) is 52.9 Å². The van der Waals surface area contributed by atoms with Crippen LogP contribution in [0.1, 0.15) is 25.8 Å². The maximum Gasteiger partial charge on any atom is 0.225 e. The Labute approximate surface area is 114 Å². The smallest absolute Gasteiger partial charge is 0.225 e. The molecule has 5 nitrogen and oxygen atoms in total. The fourth-order valence-electron chi connectivity index (χ4n) is 2.16. The molecule has 2 rings (SSSR count). The van der Waals surface area contributed by atoms with E-state index in [9.17, 15) is 10.4 Å². The van der Waals surface area contributed by atoms with E-state index in [1.807, 2.05) is 6.07 Å². The quantitative estimate of drug-likeness (QED) is 0.823. The van der Waals surface area contributed by atoms with Crippen LogP contribution in [-0.4, -0.2) is 35.6 Å². The van der Waals surface area contributed by atoms with Crippen LogP contribution in [0.3, 0.4) is 0 Å². The van der Waals surface area contributed by atoms with Crippen molar-refractivity contribution < 1.29 is 15.2 Å². The van der Waals surface area contributed by atoms with E-state index >= 15 is 0 Å². The van der Waals surface area contributed by atoms with Gasteiger partial charge in [-0.25, -0.2) is 0 Å². The molecule has 1 aromatic carbocycles. The molecule has 0 unspecified atom stereocenters. The molecule has 19 heavy (non-hydrogen) atoms. The zero-order valence-electron chi connectivity index (χ0n) is 11.8. The molecule has 1 aromatic rings. The first kappa shape index (κ1) is 14.3. The van der Waals surface area contributed by atoms with E-state index in [-0.39, 0.29) is 0 Å². The minimum absolute atomic E-state index is 0.491. The Hall–Kier alpha value is -1.14. The second-order valence-electron chi connectivity index (χ2n) is 5.52. The van der Waals surface area contributed by atoms with Gasteiger partial charge in [0.2, 0.25) is 5.69 Å². The standard InChI is InChI=1S/C14H23N2O3/c1-11(2)7-9-19-13-4-5-14-12(10-13)6-8-15(3)16(14,17)18/h4-5,10-11,17-18H,6-9H2,1-3H3/q+1. The number of benzene rings is 1. The van der Waals surface area contributed by atoms with E-state index in [0.29, 0.717) is 24.8 Å². The monoisotopic (exact) mass is 267 g/mol. The number of likely N-dealkylation sites (N-methyl/N-ethyl adjacent to an activating group) is 1. The van der Waals surface area contributed by atoms with Crippen LogP contribution in [0.4, 0.5) is 5.69 Å². The Balaban J connectivity index is 2.12. The number of fused-ring (bicyclic) bond motifs is 1. The predicted molar refractivity (Wildman–Crippen MR) is 73.1 cm³/mol. The summed E-state index contributed by atoms with van der Waals surface area (Å²) in [5.41, 5.74) is 1.41. The molecule has 0 aromatic heterocycles. The second-order valence-corrected chi connectivity index (χ2v) is 5.52. The summed E-state index contributed by atoms with van der Waals surface area (Å²) >= 11 is 0. The minimum Gasteiger partial charge on any atom is -0.494 e. The van der Waals surface area contributed by atoms with Gasteiger partial charge in [0.1, 0.15) is 5.75 Å². The summed E-state index contributed by atoms with van der Waals surface area (Å²) in [6, 6.07) is 5.41. The molecule has 1 aliphatic rings. The first-order valence-corrected chi connectivity index (χ1v) is 6.73. The molecule has 1 heterocycles. The van der Waals surface area contributed by atoms with Crippen LogP contribution in [0.2, 0.25) is 0 Å². The highest BCUT2D eigenvalue weighted by atomic mass is 16.9. The summed E-state index contributed by atoms with van der Waals surface area (Å²) in [6.45, 7) is 5.61. The molecule has 0 bridgehead atoms. The summed E-state index contributed by atoms with van der Waals surface area (Å²) in [4.78, 5) is -1.18. The highest BCUT2D eigenvalue weighted by Crippen LogP contribution is 2.33. The SMILES string of the molecule is CC(C)CCOc1ccc2c(c1)CCN(C)[N+]2(O)O. The van der Waals surface area contributed by atoms with Crippen LogP contribution in [-0.2, 0) is 6.42 Å². The van der Waals surface area contributed by atoms with Crippen molar-refractivity contribution in [3.8, 4) is 5.75 Å². The van der Waals surface area contributed by atoms with Crippen LogP contribution in [0, 0.1) is 5.92 Å². The van der Waals surface area contributed by atoms with Gasteiger partial charge in [-0.05, 0) is 30.9 Å². The van der Waals surface area contributed by atoms with Crippen molar-refractivity contribution in [3.05, 3.63) is 23.8 Å². The lowest BCUT2D eigenvalue weighted by Gasteiger charge is -2.33. The average molecular weight is 267 g/mol. The first-order valence-electron chi connectivity index (χ1n) is 6.73. The van der Waals surface area contributed by atoms with Gasteiger partial charge in [-0.1, -0.05) is 18.9 Å². The molecule has 0 saturated carbocycles. The van der Waals surface area contributed by atoms with Gasteiger partial charge >= 0.3 is 0 Å². The molecule has 0 spiro atoms. The molecule has 2 N–H and O–H groups in total. The number of hydrogen-bond donors (Lipinski definition) is 2. The lowest BCUT2D eigenvalue weighted by atomic mass is 10.1. The summed E-state index contributed by atoms with van der Waals surface area (Å²) in [7, 11) is 1.68. The van der Waals surface area contributed by atoms with E-state index in [1.54, 1.807) is 19.2 Å². The maximum atomic E-state index is 10.0. The Morgan fingerprint density at radius 1 is 1.37 bits per heavy atom. The molecule has 0 fully saturated rings. The molecule has 0 atom stereocenters. The van der Waals surface area contributed by atoms with Crippen molar-refractivity contribution in [2.75, 3.05) is 20.2 Å². The molecule has 0 amide bonds.